The van der Waals surface area contributed by atoms with E-state index in [-0.39, 0.29) is 47.6 Å². The Morgan fingerprint density at radius 2 is 1.14 bits per heavy atom. The smallest absolute Gasteiger partial charge is 0.305 e. The van der Waals surface area contributed by atoms with Crippen molar-refractivity contribution >= 4 is 108 Å². The number of benzene rings is 4. The number of amides is 9. The highest BCUT2D eigenvalue weighted by molar-refractivity contribution is 9.10. The van der Waals surface area contributed by atoms with Gasteiger partial charge in [-0.25, -0.2) is 12.8 Å². The number of aromatic nitrogens is 1. The van der Waals surface area contributed by atoms with Crippen molar-refractivity contribution in [3.63, 3.8) is 0 Å². The number of primary amides is 1. The van der Waals surface area contributed by atoms with Crippen LogP contribution in [0.1, 0.15) is 125 Å². The van der Waals surface area contributed by atoms with E-state index in [2.05, 4.69) is 63.4 Å². The molecular weight excluding hydrogens is 1340 g/mol. The topological polar surface area (TPSA) is 450 Å². The number of nitrogens with two attached hydrogens (primary N) is 1. The zero-order valence-corrected chi connectivity index (χ0v) is 55.5. The predicted octanol–water partition coefficient (Wildman–Crippen LogP) is 3.01. The molecule has 1 heterocycles. The van der Waals surface area contributed by atoms with Gasteiger partial charge in [0.05, 0.1) is 17.9 Å². The second kappa shape index (κ2) is 37.5. The highest BCUT2D eigenvalue weighted by atomic mass is 79.9. The lowest BCUT2D eigenvalue weighted by Gasteiger charge is -2.26. The molecule has 4 aromatic carbocycles. The fraction of sp³-hybridized carbons (Fsp3) is 0.415. The van der Waals surface area contributed by atoms with E-state index in [4.69, 9.17) is 5.73 Å². The van der Waals surface area contributed by atoms with Crippen LogP contribution in [-0.2, 0) is 81.0 Å². The monoisotopic (exact) mass is 1420 g/mol. The number of aromatic amines is 1. The average molecular weight is 1420 g/mol. The number of nitrogens with one attached hydrogen (secondary N) is 10. The Morgan fingerprint density at radius 1 is 0.562 bits per heavy atom. The fourth-order valence-corrected chi connectivity index (χ4v) is 11.3. The van der Waals surface area contributed by atoms with Gasteiger partial charge in [0.1, 0.15) is 42.1 Å². The minimum Gasteiger partial charge on any atom is -0.481 e. The molecule has 518 valence electrons. The van der Waals surface area contributed by atoms with Gasteiger partial charge in [0.2, 0.25) is 57.3 Å². The summed E-state index contributed by atoms with van der Waals surface area (Å²) >= 11 is 3.32. The fourth-order valence-electron chi connectivity index (χ4n) is 9.87. The standard InChI is InChI=1S/C65H81BrFN11O17S/c1-65(2,3)41-20-24-44(25-21-41)96(94,95)78-52(35-57(85)86)64(93)76-49(27-29-56(83)84)61(90)72-37-54(80)74-50(33-38-12-11-13-43(67)32-38)62(91)77-51(34-40-36-71-46-15-7-6-14-45(40)46)63(92)75-48(26-28-55(81)82)60(89)70-30-9-4-5-17-53(79)73-47(58(68)87)16-8-10-31-69-59(88)39-18-22-42(66)23-19-39/h6-7,11-15,18-25,32,36,47-52,71,78H,4-5,8-10,16-17,26-31,33-35,37H2,1-3H3,(H2,68,87)(H,69,88)(H,70,89)(H,72,90)(H,73,79)(H,74,80)(H,75,92)(H,76,93)(H,77,91)(H,81,82)(H,83,84)(H,85,86)/t47-,48-,49-,50-,51-,52+/m0/s1. The Balaban J connectivity index is 1.24. The summed E-state index contributed by atoms with van der Waals surface area (Å²) in [7, 11) is -4.59. The number of unbranched alkanes of at least 4 members (excludes halogenated alkanes) is 3. The minimum absolute atomic E-state index is 0.00808. The lowest BCUT2D eigenvalue weighted by atomic mass is 9.87. The van der Waals surface area contributed by atoms with Gasteiger partial charge in [0.25, 0.3) is 5.91 Å². The van der Waals surface area contributed by atoms with Gasteiger partial charge >= 0.3 is 17.9 Å². The van der Waals surface area contributed by atoms with E-state index < -0.39 is 162 Å². The minimum atomic E-state index is -4.59. The number of halogens is 2. The number of carboxylic acids is 3. The Bertz CT molecular complexity index is 3700. The van der Waals surface area contributed by atoms with Crippen LogP contribution < -0.4 is 53.0 Å². The van der Waals surface area contributed by atoms with E-state index in [9.17, 15) is 85.7 Å². The number of para-hydroxylation sites is 1. The highest BCUT2D eigenvalue weighted by Crippen LogP contribution is 2.24. The van der Waals surface area contributed by atoms with Crippen molar-refractivity contribution < 1.29 is 85.7 Å². The molecule has 28 nitrogen and oxygen atoms in total. The maximum absolute atomic E-state index is 14.6. The number of hydrogen-bond acceptors (Lipinski definition) is 14. The van der Waals surface area contributed by atoms with Gasteiger partial charge in [0.15, 0.2) is 0 Å². The number of hydrogen-bond donors (Lipinski definition) is 14. The first kappa shape index (κ1) is 77.1. The predicted molar refractivity (Wildman–Crippen MR) is 351 cm³/mol. The SMILES string of the molecule is CC(C)(C)c1ccc(S(=O)(=O)N[C@H](CC(=O)O)C(=O)N[C@@H](CCC(=O)O)C(=O)NCC(=O)N[C@@H](Cc2cccc(F)c2)C(=O)N[C@@H](Cc2c[nH]c3ccccc23)C(=O)N[C@@H](CCC(=O)O)C(=O)NCCCCCC(=O)N[C@@H](CCCCNC(=O)c2ccc(Br)cc2)C(N)=O)cc1. The van der Waals surface area contributed by atoms with Gasteiger partial charge in [-0.1, -0.05) is 85.6 Å². The first-order valence-electron chi connectivity index (χ1n) is 30.8. The van der Waals surface area contributed by atoms with Crippen LogP contribution in [0.15, 0.2) is 113 Å². The van der Waals surface area contributed by atoms with Crippen LogP contribution in [0.25, 0.3) is 10.9 Å². The molecule has 0 aliphatic carbocycles. The van der Waals surface area contributed by atoms with Crippen molar-refractivity contribution in [2.75, 3.05) is 19.6 Å². The van der Waals surface area contributed by atoms with Crippen LogP contribution in [0.5, 0.6) is 0 Å². The molecule has 31 heteroatoms. The normalized spacial score (nSPS) is 13.3. The lowest BCUT2D eigenvalue weighted by Crippen LogP contribution is -2.58. The molecule has 0 radical (unpaired) electrons. The molecule has 0 aliphatic rings. The summed E-state index contributed by atoms with van der Waals surface area (Å²) < 4.78 is 44.4. The molecule has 0 fully saturated rings. The summed E-state index contributed by atoms with van der Waals surface area (Å²) in [6.07, 6.45) is -0.388. The summed E-state index contributed by atoms with van der Waals surface area (Å²) in [6.45, 7) is 5.03. The molecule has 0 unspecified atom stereocenters. The third-order valence-corrected chi connectivity index (χ3v) is 17.1. The van der Waals surface area contributed by atoms with Gasteiger partial charge in [-0.3, -0.25) is 57.5 Å². The Labute approximate surface area is 561 Å². The van der Waals surface area contributed by atoms with Crippen LogP contribution >= 0.6 is 15.9 Å². The van der Waals surface area contributed by atoms with Gasteiger partial charge < -0.3 is 68.6 Å². The quantitative estimate of drug-likeness (QED) is 0.0251. The van der Waals surface area contributed by atoms with Crippen molar-refractivity contribution in [3.8, 4) is 0 Å². The number of H-pyrrole nitrogens is 1. The number of carbonyl (C=O) groups is 12. The molecule has 5 rings (SSSR count). The Hall–Kier alpha value is -9.62. The number of fused-ring (bicyclic) bond motifs is 1. The third-order valence-electron chi connectivity index (χ3n) is 15.1. The zero-order chi connectivity index (χ0) is 70.7. The van der Waals surface area contributed by atoms with Gasteiger partial charge in [-0.2, -0.15) is 4.72 Å². The molecule has 0 aliphatic heterocycles. The molecule has 6 atom stereocenters. The molecule has 15 N–H and O–H groups in total. The van der Waals surface area contributed by atoms with Crippen molar-refractivity contribution in [1.29, 1.82) is 0 Å². The Morgan fingerprint density at radius 3 is 1.74 bits per heavy atom. The van der Waals surface area contributed by atoms with Gasteiger partial charge in [0, 0.05) is 72.3 Å². The first-order chi connectivity index (χ1) is 45.4. The molecule has 1 aromatic heterocycles. The number of aliphatic carboxylic acids is 3. The highest BCUT2D eigenvalue weighted by Gasteiger charge is 2.34. The van der Waals surface area contributed by atoms with E-state index in [1.165, 1.54) is 36.4 Å². The Kier molecular flexibility index (Phi) is 30.1. The maximum atomic E-state index is 14.6. The molecule has 0 spiro atoms. The van der Waals surface area contributed by atoms with Gasteiger partial charge in [-0.05, 0) is 122 Å². The summed E-state index contributed by atoms with van der Waals surface area (Å²) in [5.74, 6) is -13.0. The number of carboxylic acid groups (broad SMARTS) is 3. The van der Waals surface area contributed by atoms with E-state index in [0.717, 1.165) is 22.2 Å². The molecule has 5 aromatic rings. The molecular formula is C65H81BrFN11O17S. The lowest BCUT2D eigenvalue weighted by molar-refractivity contribution is -0.140. The average Bonchev–Trinajstić information content (AvgIpc) is 1.29. The second-order valence-electron chi connectivity index (χ2n) is 23.7. The van der Waals surface area contributed by atoms with E-state index in [1.54, 1.807) is 54.7 Å². The summed E-state index contributed by atoms with van der Waals surface area (Å²) in [4.78, 5) is 160. The molecule has 0 bridgehead atoms. The van der Waals surface area contributed by atoms with E-state index in [1.807, 2.05) is 25.5 Å². The molecule has 96 heavy (non-hydrogen) atoms. The molecule has 0 saturated carbocycles. The first-order valence-corrected chi connectivity index (χ1v) is 33.1. The van der Waals surface area contributed by atoms with E-state index >= 15 is 0 Å². The van der Waals surface area contributed by atoms with Gasteiger partial charge in [-0.15, -0.1) is 0 Å². The van der Waals surface area contributed by atoms with Crippen LogP contribution in [0, 0.1) is 5.82 Å². The zero-order valence-electron chi connectivity index (χ0n) is 53.1. The van der Waals surface area contributed by atoms with Crippen LogP contribution in [0.3, 0.4) is 0 Å². The summed E-state index contributed by atoms with van der Waals surface area (Å²) in [5.41, 5.74) is 7.73. The largest absolute Gasteiger partial charge is 0.481 e. The van der Waals surface area contributed by atoms with Crippen molar-refractivity contribution in [3.05, 3.63) is 136 Å². The summed E-state index contributed by atoms with van der Waals surface area (Å²) in [6, 6.07) is 14.7. The van der Waals surface area contributed by atoms with Crippen molar-refractivity contribution in [1.82, 2.24) is 52.2 Å². The summed E-state index contributed by atoms with van der Waals surface area (Å²) in [5, 5.41) is 49.5. The van der Waals surface area contributed by atoms with Crippen molar-refractivity contribution in [2.45, 2.75) is 157 Å². The molecule has 9 amide bonds. The van der Waals surface area contributed by atoms with Crippen LogP contribution in [0.2, 0.25) is 0 Å². The number of sulfonamides is 1. The van der Waals surface area contributed by atoms with Crippen LogP contribution in [-0.4, -0.2) is 156 Å². The van der Waals surface area contributed by atoms with Crippen molar-refractivity contribution in [2.24, 2.45) is 5.73 Å². The second-order valence-corrected chi connectivity index (χ2v) is 26.3. The maximum Gasteiger partial charge on any atom is 0.305 e. The number of rotatable bonds is 40. The van der Waals surface area contributed by atoms with Crippen LogP contribution in [0.4, 0.5) is 4.39 Å². The molecule has 0 saturated heterocycles. The third kappa shape index (κ3) is 26.3. The number of carbonyl (C=O) groups excluding carboxylic acids is 9. The van der Waals surface area contributed by atoms with E-state index in [0.29, 0.717) is 60.7 Å².